The number of hydrogen-bond donors (Lipinski definition) is 0. The molecule has 6 rings (SSSR count). The minimum Gasteiger partial charge on any atom is -0.545 e. The predicted octanol–water partition coefficient (Wildman–Crippen LogP) is 6.20. The van der Waals surface area contributed by atoms with E-state index in [1.807, 2.05) is 60.7 Å². The second-order valence-corrected chi connectivity index (χ2v) is 11.8. The van der Waals surface area contributed by atoms with Crippen molar-refractivity contribution in [2.45, 2.75) is 27.7 Å². The van der Waals surface area contributed by atoms with E-state index in [2.05, 4.69) is 37.2 Å². The highest BCUT2D eigenvalue weighted by atomic mass is 35.5. The second-order valence-electron chi connectivity index (χ2n) is 11.0. The molecule has 234 valence electrons. The molecule has 0 bridgehead atoms. The van der Waals surface area contributed by atoms with Crippen LogP contribution >= 0.6 is 23.2 Å². The maximum atomic E-state index is 12.8. The second kappa shape index (κ2) is 12.3. The fourth-order valence-electron chi connectivity index (χ4n) is 6.69. The fourth-order valence-corrected chi connectivity index (χ4v) is 7.30. The minimum absolute atomic E-state index is 0.0688. The monoisotopic (exact) mass is 653 g/mol. The molecule has 0 atom stereocenters. The van der Waals surface area contributed by atoms with E-state index in [0.717, 1.165) is 64.8 Å². The van der Waals surface area contributed by atoms with Gasteiger partial charge in [0.15, 0.2) is 0 Å². The van der Waals surface area contributed by atoms with Crippen molar-refractivity contribution in [3.05, 3.63) is 93.3 Å². The van der Waals surface area contributed by atoms with Crippen molar-refractivity contribution in [3.8, 4) is 22.5 Å². The Morgan fingerprint density at radius 1 is 0.761 bits per heavy atom. The molecule has 0 aromatic heterocycles. The van der Waals surface area contributed by atoms with Gasteiger partial charge in [0.2, 0.25) is 5.36 Å². The molecule has 1 aliphatic carbocycles. The van der Waals surface area contributed by atoms with Crippen LogP contribution in [0.4, 0.5) is 5.69 Å². The van der Waals surface area contributed by atoms with Crippen LogP contribution in [0.2, 0.25) is 10.0 Å². The van der Waals surface area contributed by atoms with E-state index in [0.29, 0.717) is 27.9 Å². The molecule has 0 saturated heterocycles. The summed E-state index contributed by atoms with van der Waals surface area (Å²) in [5.41, 5.74) is 1.45. The van der Waals surface area contributed by atoms with E-state index in [9.17, 15) is 19.8 Å². The molecule has 46 heavy (non-hydrogen) atoms. The molecule has 0 amide bonds. The van der Waals surface area contributed by atoms with Crippen molar-refractivity contribution in [3.63, 3.8) is 0 Å². The molecule has 7 nitrogen and oxygen atoms in total. The van der Waals surface area contributed by atoms with Crippen LogP contribution in [0.25, 0.3) is 55.0 Å². The van der Waals surface area contributed by atoms with E-state index < -0.39 is 23.1 Å². The van der Waals surface area contributed by atoms with Crippen molar-refractivity contribution in [1.82, 2.24) is 4.58 Å². The van der Waals surface area contributed by atoms with Crippen LogP contribution in [0.1, 0.15) is 48.4 Å². The Labute approximate surface area is 275 Å². The van der Waals surface area contributed by atoms with Crippen molar-refractivity contribution in [1.29, 1.82) is 0 Å². The minimum atomic E-state index is -1.60. The van der Waals surface area contributed by atoms with Crippen molar-refractivity contribution in [2.24, 2.45) is 0 Å². The van der Waals surface area contributed by atoms with Gasteiger partial charge in [0.05, 0.1) is 33.4 Å². The lowest BCUT2D eigenvalue weighted by atomic mass is 9.85. The molecule has 2 aliphatic rings. The first-order chi connectivity index (χ1) is 22.2. The largest absolute Gasteiger partial charge is 0.545 e. The van der Waals surface area contributed by atoms with Gasteiger partial charge in [-0.1, -0.05) is 65.7 Å². The fraction of sp³-hybridized carbons (Fsp3) is 0.216. The third-order valence-electron chi connectivity index (χ3n) is 8.79. The summed E-state index contributed by atoms with van der Waals surface area (Å²) in [4.78, 5) is 27.4. The van der Waals surface area contributed by atoms with Gasteiger partial charge >= 0.3 is 0 Å². The molecular formula is C37H31Cl2N2O5-. The Balaban J connectivity index is 2.02. The van der Waals surface area contributed by atoms with Gasteiger partial charge in [-0.05, 0) is 50.6 Å². The van der Waals surface area contributed by atoms with E-state index in [1.165, 1.54) is 0 Å². The van der Waals surface area contributed by atoms with E-state index in [4.69, 9.17) is 27.6 Å². The molecule has 0 unspecified atom stereocenters. The van der Waals surface area contributed by atoms with Gasteiger partial charge in [0, 0.05) is 63.4 Å². The molecule has 0 radical (unpaired) electrons. The lowest BCUT2D eigenvalue weighted by Gasteiger charge is -2.27. The zero-order chi connectivity index (χ0) is 32.9. The average Bonchev–Trinajstić information content (AvgIpc) is 3.05. The van der Waals surface area contributed by atoms with Crippen LogP contribution in [-0.4, -0.2) is 38.1 Å². The summed E-state index contributed by atoms with van der Waals surface area (Å²) in [5, 5.41) is 29.4. The number of carboxylic acids is 2. The number of rotatable bonds is 8. The van der Waals surface area contributed by atoms with Crippen LogP contribution < -0.4 is 25.0 Å². The molecule has 0 fully saturated rings. The number of aromatic carboxylic acids is 2. The summed E-state index contributed by atoms with van der Waals surface area (Å²) in [6, 6.07) is 20.5. The normalized spacial score (nSPS) is 11.5. The number of anilines is 1. The predicted molar refractivity (Wildman–Crippen MR) is 182 cm³/mol. The summed E-state index contributed by atoms with van der Waals surface area (Å²) in [6.45, 7) is 11.3. The van der Waals surface area contributed by atoms with Crippen molar-refractivity contribution in [2.75, 3.05) is 31.1 Å². The maximum Gasteiger partial charge on any atom is 0.211 e. The molecule has 1 heterocycles. The number of nitrogens with zero attached hydrogens (tertiary/aromatic N) is 2. The lowest BCUT2D eigenvalue weighted by molar-refractivity contribution is -0.256. The van der Waals surface area contributed by atoms with Gasteiger partial charge in [-0.2, -0.15) is 0 Å². The molecule has 0 saturated carbocycles. The Bertz CT molecular complexity index is 2250. The smallest absolute Gasteiger partial charge is 0.211 e. The number of halogens is 2. The number of fused-ring (bicyclic) bond motifs is 6. The first-order valence-corrected chi connectivity index (χ1v) is 16.0. The van der Waals surface area contributed by atoms with E-state index in [1.54, 1.807) is 0 Å². The van der Waals surface area contributed by atoms with Gasteiger partial charge in [0.25, 0.3) is 0 Å². The number of carbonyl (C=O) groups excluding carboxylic acids is 2. The van der Waals surface area contributed by atoms with Crippen molar-refractivity contribution < 1.29 is 24.2 Å². The van der Waals surface area contributed by atoms with E-state index in [-0.39, 0.29) is 15.6 Å². The summed E-state index contributed by atoms with van der Waals surface area (Å²) in [7, 11) is 0. The van der Waals surface area contributed by atoms with Crippen LogP contribution in [0.5, 0.6) is 0 Å². The highest BCUT2D eigenvalue weighted by Gasteiger charge is 2.30. The summed E-state index contributed by atoms with van der Waals surface area (Å²) < 4.78 is 9.03. The van der Waals surface area contributed by atoms with Crippen LogP contribution in [0, 0.1) is 0 Å². The van der Waals surface area contributed by atoms with Gasteiger partial charge in [-0.3, -0.25) is 0 Å². The zero-order valence-electron chi connectivity index (χ0n) is 25.9. The number of benzene rings is 5. The Hall–Kier alpha value is -4.59. The summed E-state index contributed by atoms with van der Waals surface area (Å²) in [5.74, 6) is -2.71. The Morgan fingerprint density at radius 3 is 1.96 bits per heavy atom. The topological polar surface area (TPSA) is 99.7 Å². The van der Waals surface area contributed by atoms with Gasteiger partial charge in [-0.25, -0.2) is 4.58 Å². The van der Waals surface area contributed by atoms with Gasteiger partial charge < -0.3 is 29.1 Å². The van der Waals surface area contributed by atoms with Gasteiger partial charge in [-0.15, -0.1) is 0 Å². The molecule has 4 aromatic rings. The zero-order valence-corrected chi connectivity index (χ0v) is 27.4. The third-order valence-corrected chi connectivity index (χ3v) is 9.48. The lowest BCUT2D eigenvalue weighted by Crippen LogP contribution is -2.30. The first-order valence-electron chi connectivity index (χ1n) is 15.3. The number of carbonyl (C=O) groups is 2. The summed E-state index contributed by atoms with van der Waals surface area (Å²) >= 11 is 13.4. The molecule has 9 heteroatoms. The first kappa shape index (κ1) is 31.4. The molecule has 0 spiro atoms. The number of carboxylic acid groups (broad SMARTS) is 2. The molecule has 1 aliphatic heterocycles. The summed E-state index contributed by atoms with van der Waals surface area (Å²) in [6.07, 6.45) is 0. The Kier molecular flexibility index (Phi) is 8.40. The van der Waals surface area contributed by atoms with E-state index >= 15 is 0 Å². The van der Waals surface area contributed by atoms with Gasteiger partial charge in [0.1, 0.15) is 24.4 Å². The van der Waals surface area contributed by atoms with Crippen LogP contribution in [0.15, 0.2) is 71.1 Å². The van der Waals surface area contributed by atoms with Crippen LogP contribution in [-0.2, 0) is 0 Å². The maximum absolute atomic E-state index is 12.8. The van der Waals surface area contributed by atoms with Crippen molar-refractivity contribution >= 4 is 73.3 Å². The average molecular weight is 655 g/mol. The highest BCUT2D eigenvalue weighted by molar-refractivity contribution is 6.42. The highest BCUT2D eigenvalue weighted by Crippen LogP contribution is 2.51. The van der Waals surface area contributed by atoms with Crippen LogP contribution in [0.3, 0.4) is 0 Å². The molecule has 0 N–H and O–H groups in total. The SMILES string of the molecule is CCN(CC)c1cc2oc3cc(=[N+](CC)CC)c4ccccc4c-3c(-c3c(Cl)c(C(=O)[O-])cc(Cl)c3C(=O)[O-])c2c2ccccc12. The quantitative estimate of drug-likeness (QED) is 0.110. The number of hydrogen-bond acceptors (Lipinski definition) is 6. The third kappa shape index (κ3) is 4.86. The standard InChI is InChI=1S/C37H32Cl2N2O5/c1-5-40(6-2)26-18-28-30(22-15-11-9-13-20(22)26)33(34-32(37(44)45)25(38)17-24(35(34)39)36(42)43)31-23-16-12-10-14-21(23)27(19-29(31)46-28)41(7-3)8-4/h9-19H,5-8H2,1-4H3,(H-,42,43,44,45)/p-1. The molecular weight excluding hydrogens is 623 g/mol. The molecule has 4 aromatic carbocycles. The Morgan fingerprint density at radius 2 is 1.37 bits per heavy atom.